The van der Waals surface area contributed by atoms with E-state index in [4.69, 9.17) is 0 Å². The van der Waals surface area contributed by atoms with Gasteiger partial charge in [-0.15, -0.1) is 5.10 Å². The molecule has 1 N–H and O–H groups in total. The van der Waals surface area contributed by atoms with Gasteiger partial charge in [0.25, 0.3) is 5.91 Å². The van der Waals surface area contributed by atoms with Crippen LogP contribution in [-0.2, 0) is 9.84 Å². The van der Waals surface area contributed by atoms with Crippen LogP contribution in [0, 0.1) is 0 Å². The Hall–Kier alpha value is -3.89. The van der Waals surface area contributed by atoms with Crippen LogP contribution in [0.2, 0.25) is 0 Å². The number of thiazole rings is 1. The Morgan fingerprint density at radius 3 is 2.33 bits per heavy atom. The van der Waals surface area contributed by atoms with E-state index >= 15 is 0 Å². The van der Waals surface area contributed by atoms with Crippen molar-refractivity contribution in [2.45, 2.75) is 4.90 Å². The van der Waals surface area contributed by atoms with Gasteiger partial charge in [-0.1, -0.05) is 59.9 Å². The highest BCUT2D eigenvalue weighted by Gasteiger charge is 2.20. The summed E-state index contributed by atoms with van der Waals surface area (Å²) >= 11 is 1.18. The molecule has 5 aromatic rings. The fraction of sp³-hybridized carbons (Fsp3) is 0.0435. The first-order chi connectivity index (χ1) is 15.9. The summed E-state index contributed by atoms with van der Waals surface area (Å²) in [5.74, 6) is 0.0205. The second-order valence-corrected chi connectivity index (χ2v) is 10.3. The van der Waals surface area contributed by atoms with Crippen LogP contribution in [0.15, 0.2) is 83.8 Å². The summed E-state index contributed by atoms with van der Waals surface area (Å²) < 4.78 is 25.9. The molecule has 164 valence electrons. The van der Waals surface area contributed by atoms with Gasteiger partial charge in [-0.3, -0.25) is 10.1 Å². The lowest BCUT2D eigenvalue weighted by Crippen LogP contribution is -2.14. The number of para-hydroxylation sites is 1. The first kappa shape index (κ1) is 21.0. The third kappa shape index (κ3) is 4.26. The van der Waals surface area contributed by atoms with Gasteiger partial charge in [0.1, 0.15) is 0 Å². The van der Waals surface area contributed by atoms with E-state index < -0.39 is 15.7 Å². The quantitative estimate of drug-likeness (QED) is 0.408. The Labute approximate surface area is 193 Å². The zero-order valence-corrected chi connectivity index (χ0v) is 19.0. The Morgan fingerprint density at radius 1 is 0.939 bits per heavy atom. The molecule has 1 amide bonds. The van der Waals surface area contributed by atoms with E-state index in [2.05, 4.69) is 20.4 Å². The van der Waals surface area contributed by atoms with Crippen LogP contribution in [0.4, 0.5) is 5.13 Å². The molecule has 0 saturated carbocycles. The van der Waals surface area contributed by atoms with Crippen molar-refractivity contribution < 1.29 is 13.2 Å². The van der Waals surface area contributed by atoms with Crippen molar-refractivity contribution in [3.63, 3.8) is 0 Å². The van der Waals surface area contributed by atoms with Crippen molar-refractivity contribution in [2.75, 3.05) is 11.6 Å². The SMILES string of the molecule is CS(=O)(=O)c1ccc2nc(NC(=O)c3nc(-c4ccccc4)n(-c4ccccc4)n3)sc2c1. The van der Waals surface area contributed by atoms with Gasteiger partial charge >= 0.3 is 0 Å². The molecule has 0 fully saturated rings. The molecule has 2 aromatic heterocycles. The topological polar surface area (TPSA) is 107 Å². The van der Waals surface area contributed by atoms with Crippen molar-refractivity contribution in [2.24, 2.45) is 0 Å². The minimum absolute atomic E-state index is 0.00575. The largest absolute Gasteiger partial charge is 0.297 e. The smallest absolute Gasteiger partial charge is 0.295 e. The number of sulfone groups is 1. The highest BCUT2D eigenvalue weighted by Crippen LogP contribution is 2.29. The van der Waals surface area contributed by atoms with Crippen LogP contribution in [0.25, 0.3) is 27.3 Å². The number of carbonyl (C=O) groups excluding carboxylic acids is 1. The third-order valence-electron chi connectivity index (χ3n) is 4.85. The number of benzene rings is 3. The lowest BCUT2D eigenvalue weighted by molar-refractivity contribution is 0.101. The standard InChI is InChI=1S/C23H17N5O3S2/c1-33(30,31)17-12-13-18-19(14-17)32-23(24-18)26-22(29)20-25-21(15-8-4-2-5-9-15)28(27-20)16-10-6-3-7-11-16/h2-14H,1H3,(H,24,26,29). The number of nitrogens with one attached hydrogen (secondary N) is 1. The monoisotopic (exact) mass is 475 g/mol. The minimum atomic E-state index is -3.34. The maximum atomic E-state index is 13.0. The second kappa shape index (κ2) is 8.23. The number of rotatable bonds is 5. The summed E-state index contributed by atoms with van der Waals surface area (Å²) in [4.78, 5) is 22.0. The molecule has 3 aromatic carbocycles. The van der Waals surface area contributed by atoms with Gasteiger partial charge in [0.05, 0.1) is 20.8 Å². The zero-order valence-electron chi connectivity index (χ0n) is 17.3. The van der Waals surface area contributed by atoms with Crippen molar-refractivity contribution in [1.82, 2.24) is 19.7 Å². The predicted octanol–water partition coefficient (Wildman–Crippen LogP) is 4.20. The Kier molecular flexibility index (Phi) is 5.23. The van der Waals surface area contributed by atoms with E-state index in [0.717, 1.165) is 17.5 Å². The fourth-order valence-corrected chi connectivity index (χ4v) is 4.90. The van der Waals surface area contributed by atoms with Crippen molar-refractivity contribution in [3.8, 4) is 17.1 Å². The van der Waals surface area contributed by atoms with Crippen LogP contribution in [0.1, 0.15) is 10.6 Å². The molecular weight excluding hydrogens is 458 g/mol. The molecule has 0 saturated heterocycles. The molecule has 2 heterocycles. The molecule has 0 aliphatic rings. The van der Waals surface area contributed by atoms with E-state index in [1.165, 1.54) is 17.4 Å². The third-order valence-corrected chi connectivity index (χ3v) is 6.90. The number of hydrogen-bond donors (Lipinski definition) is 1. The van der Waals surface area contributed by atoms with Gasteiger partial charge in [0, 0.05) is 11.8 Å². The number of aromatic nitrogens is 4. The summed E-state index contributed by atoms with van der Waals surface area (Å²) in [6, 6.07) is 23.6. The number of carbonyl (C=O) groups is 1. The fourth-order valence-electron chi connectivity index (χ4n) is 3.27. The van der Waals surface area contributed by atoms with Gasteiger partial charge < -0.3 is 0 Å². The Bertz CT molecular complexity index is 1520. The highest BCUT2D eigenvalue weighted by atomic mass is 32.2. The maximum Gasteiger partial charge on any atom is 0.297 e. The van der Waals surface area contributed by atoms with Crippen LogP contribution in [0.5, 0.6) is 0 Å². The van der Waals surface area contributed by atoms with Gasteiger partial charge in [-0.05, 0) is 30.3 Å². The molecule has 0 spiro atoms. The molecule has 0 atom stereocenters. The number of anilines is 1. The molecule has 5 rings (SSSR count). The molecule has 0 bridgehead atoms. The zero-order chi connectivity index (χ0) is 23.0. The molecule has 0 aliphatic carbocycles. The average molecular weight is 476 g/mol. The van der Waals surface area contributed by atoms with Gasteiger partial charge in [-0.25, -0.2) is 23.1 Å². The highest BCUT2D eigenvalue weighted by molar-refractivity contribution is 7.90. The molecular formula is C23H17N5O3S2. The van der Waals surface area contributed by atoms with Crippen molar-refractivity contribution >= 4 is 42.4 Å². The summed E-state index contributed by atoms with van der Waals surface area (Å²) in [6.07, 6.45) is 1.15. The van der Waals surface area contributed by atoms with Crippen LogP contribution < -0.4 is 5.32 Å². The van der Waals surface area contributed by atoms with Gasteiger partial charge in [-0.2, -0.15) is 0 Å². The van der Waals surface area contributed by atoms with E-state index in [1.807, 2.05) is 60.7 Å². The van der Waals surface area contributed by atoms with Gasteiger partial charge in [0.15, 0.2) is 20.8 Å². The lowest BCUT2D eigenvalue weighted by atomic mass is 10.2. The second-order valence-electron chi connectivity index (χ2n) is 7.25. The van der Waals surface area contributed by atoms with E-state index in [1.54, 1.807) is 16.8 Å². The van der Waals surface area contributed by atoms with E-state index in [-0.39, 0.29) is 10.7 Å². The summed E-state index contributed by atoms with van der Waals surface area (Å²) in [7, 11) is -3.34. The summed E-state index contributed by atoms with van der Waals surface area (Å²) in [5.41, 5.74) is 2.19. The number of hydrogen-bond acceptors (Lipinski definition) is 7. The average Bonchev–Trinajstić information content (AvgIpc) is 3.43. The van der Waals surface area contributed by atoms with Gasteiger partial charge in [0.2, 0.25) is 5.82 Å². The first-order valence-corrected chi connectivity index (χ1v) is 12.6. The number of amides is 1. The molecule has 10 heteroatoms. The van der Waals surface area contributed by atoms with E-state index in [0.29, 0.717) is 21.2 Å². The molecule has 0 radical (unpaired) electrons. The summed E-state index contributed by atoms with van der Waals surface area (Å²) in [5, 5.41) is 7.51. The maximum absolute atomic E-state index is 13.0. The molecule has 8 nitrogen and oxygen atoms in total. The number of nitrogens with zero attached hydrogens (tertiary/aromatic N) is 4. The number of fused-ring (bicyclic) bond motifs is 1. The predicted molar refractivity (Wildman–Crippen MR) is 127 cm³/mol. The normalized spacial score (nSPS) is 11.5. The Morgan fingerprint density at radius 2 is 1.64 bits per heavy atom. The van der Waals surface area contributed by atoms with Crippen LogP contribution in [0.3, 0.4) is 0 Å². The van der Waals surface area contributed by atoms with Crippen molar-refractivity contribution in [3.05, 3.63) is 84.7 Å². The van der Waals surface area contributed by atoms with E-state index in [9.17, 15) is 13.2 Å². The lowest BCUT2D eigenvalue weighted by Gasteiger charge is -2.05. The molecule has 33 heavy (non-hydrogen) atoms. The van der Waals surface area contributed by atoms with Crippen LogP contribution in [-0.4, -0.2) is 40.3 Å². The van der Waals surface area contributed by atoms with Crippen LogP contribution >= 0.6 is 11.3 Å². The molecule has 0 aliphatic heterocycles. The minimum Gasteiger partial charge on any atom is -0.295 e. The van der Waals surface area contributed by atoms with Crippen molar-refractivity contribution in [1.29, 1.82) is 0 Å². The Balaban J connectivity index is 1.49. The molecule has 0 unspecified atom stereocenters. The summed E-state index contributed by atoms with van der Waals surface area (Å²) in [6.45, 7) is 0. The first-order valence-electron chi connectivity index (χ1n) is 9.88.